The Balaban J connectivity index is 1.66. The molecule has 7 nitrogen and oxygen atoms in total. The molecule has 0 saturated carbocycles. The minimum absolute atomic E-state index is 0.232. The van der Waals surface area contributed by atoms with Crippen LogP contribution in [-0.4, -0.2) is 31.0 Å². The number of hydrogen-bond acceptors (Lipinski definition) is 5. The van der Waals surface area contributed by atoms with Crippen LogP contribution in [-0.2, 0) is 22.4 Å². The molecule has 1 heterocycles. The van der Waals surface area contributed by atoms with Crippen molar-refractivity contribution in [2.75, 3.05) is 13.2 Å². The number of amides is 2. The highest BCUT2D eigenvalue weighted by Gasteiger charge is 2.20. The summed E-state index contributed by atoms with van der Waals surface area (Å²) in [6.07, 6.45) is 2.59. The summed E-state index contributed by atoms with van der Waals surface area (Å²) >= 11 is 0. The zero-order valence-corrected chi connectivity index (χ0v) is 14.9. The fraction of sp³-hybridized carbons (Fsp3) is 0.421. The quantitative estimate of drug-likeness (QED) is 0.759. The van der Waals surface area contributed by atoms with Gasteiger partial charge in [-0.05, 0) is 50.8 Å². The predicted octanol–water partition coefficient (Wildman–Crippen LogP) is 1.30. The van der Waals surface area contributed by atoms with E-state index in [1.54, 1.807) is 19.1 Å². The number of rotatable bonds is 6. The molecular formula is C19H22N2O5. The molecule has 0 aliphatic heterocycles. The molecule has 7 heteroatoms. The summed E-state index contributed by atoms with van der Waals surface area (Å²) in [7, 11) is 0. The lowest BCUT2D eigenvalue weighted by atomic mass is 10.1. The highest BCUT2D eigenvalue weighted by molar-refractivity contribution is 5.88. The number of likely N-dealkylation sites (N-methyl/N-ethyl adjacent to an activating group) is 1. The SMILES string of the molecule is CCNC(=O)[C@H](C)NC(=O)COc1ccc2c3c(c(=O)oc2c1)CCC3. The lowest BCUT2D eigenvalue weighted by molar-refractivity contribution is -0.129. The number of carbonyl (C=O) groups is 2. The monoisotopic (exact) mass is 358 g/mol. The van der Waals surface area contributed by atoms with Crippen LogP contribution in [0.2, 0.25) is 0 Å². The average Bonchev–Trinajstić information content (AvgIpc) is 3.10. The molecule has 1 aliphatic carbocycles. The van der Waals surface area contributed by atoms with Crippen LogP contribution in [0.25, 0.3) is 11.0 Å². The normalized spacial score (nSPS) is 13.9. The van der Waals surface area contributed by atoms with Crippen LogP contribution in [0.3, 0.4) is 0 Å². The van der Waals surface area contributed by atoms with E-state index in [-0.39, 0.29) is 18.1 Å². The second-order valence-electron chi connectivity index (χ2n) is 6.33. The molecule has 0 saturated heterocycles. The molecule has 1 aromatic heterocycles. The maximum absolute atomic E-state index is 12.0. The number of hydrogen-bond donors (Lipinski definition) is 2. The maximum atomic E-state index is 12.0. The van der Waals surface area contributed by atoms with Gasteiger partial charge in [0.05, 0.1) is 0 Å². The van der Waals surface area contributed by atoms with E-state index in [0.29, 0.717) is 17.9 Å². The first-order valence-corrected chi connectivity index (χ1v) is 8.78. The number of nitrogens with one attached hydrogen (secondary N) is 2. The van der Waals surface area contributed by atoms with Crippen molar-refractivity contribution in [1.82, 2.24) is 10.6 Å². The van der Waals surface area contributed by atoms with Gasteiger partial charge in [0.15, 0.2) is 6.61 Å². The summed E-state index contributed by atoms with van der Waals surface area (Å²) in [4.78, 5) is 35.6. The second kappa shape index (κ2) is 7.59. The topological polar surface area (TPSA) is 97.6 Å². The largest absolute Gasteiger partial charge is 0.484 e. The van der Waals surface area contributed by atoms with Gasteiger partial charge in [-0.3, -0.25) is 9.59 Å². The van der Waals surface area contributed by atoms with Crippen LogP contribution in [0.15, 0.2) is 27.4 Å². The van der Waals surface area contributed by atoms with Gasteiger partial charge >= 0.3 is 5.63 Å². The summed E-state index contributed by atoms with van der Waals surface area (Å²) in [5.74, 6) is -0.221. The van der Waals surface area contributed by atoms with Gasteiger partial charge in [0.25, 0.3) is 5.91 Å². The number of carbonyl (C=O) groups excluding carboxylic acids is 2. The van der Waals surface area contributed by atoms with Crippen molar-refractivity contribution in [3.63, 3.8) is 0 Å². The van der Waals surface area contributed by atoms with Crippen LogP contribution < -0.4 is 21.0 Å². The zero-order chi connectivity index (χ0) is 18.7. The van der Waals surface area contributed by atoms with Gasteiger partial charge < -0.3 is 19.8 Å². The van der Waals surface area contributed by atoms with Gasteiger partial charge in [-0.2, -0.15) is 0 Å². The van der Waals surface area contributed by atoms with Gasteiger partial charge in [-0.25, -0.2) is 4.79 Å². The molecule has 1 aliphatic rings. The second-order valence-corrected chi connectivity index (χ2v) is 6.33. The van der Waals surface area contributed by atoms with Crippen molar-refractivity contribution in [2.45, 2.75) is 39.2 Å². The lowest BCUT2D eigenvalue weighted by Gasteiger charge is -2.14. The first kappa shape index (κ1) is 18.0. The number of ether oxygens (including phenoxy) is 1. The molecule has 0 unspecified atom stereocenters. The Morgan fingerprint density at radius 2 is 2.04 bits per heavy atom. The number of fused-ring (bicyclic) bond motifs is 3. The molecule has 1 atom stereocenters. The standard InChI is InChI=1S/C19H22N2O5/c1-3-20-18(23)11(2)21-17(22)10-25-12-7-8-14-13-5-4-6-15(13)19(24)26-16(14)9-12/h7-9,11H,3-6,10H2,1-2H3,(H,20,23)(H,21,22)/t11-/m0/s1. The molecule has 138 valence electrons. The molecule has 1 aromatic carbocycles. The van der Waals surface area contributed by atoms with Crippen molar-refractivity contribution in [2.24, 2.45) is 0 Å². The fourth-order valence-corrected chi connectivity index (χ4v) is 3.18. The van der Waals surface area contributed by atoms with Gasteiger partial charge in [0, 0.05) is 23.6 Å². The molecule has 0 bridgehead atoms. The Hall–Kier alpha value is -2.83. The van der Waals surface area contributed by atoms with Crippen molar-refractivity contribution in [1.29, 1.82) is 0 Å². The Labute approximate surface area is 150 Å². The molecule has 0 fully saturated rings. The summed E-state index contributed by atoms with van der Waals surface area (Å²) in [5.41, 5.74) is 1.99. The molecule has 0 radical (unpaired) electrons. The van der Waals surface area contributed by atoms with Crippen molar-refractivity contribution < 1.29 is 18.7 Å². The van der Waals surface area contributed by atoms with E-state index >= 15 is 0 Å². The predicted molar refractivity (Wildman–Crippen MR) is 96.3 cm³/mol. The molecule has 2 aromatic rings. The van der Waals surface area contributed by atoms with E-state index in [1.807, 2.05) is 13.0 Å². The van der Waals surface area contributed by atoms with E-state index in [4.69, 9.17) is 9.15 Å². The van der Waals surface area contributed by atoms with Crippen LogP contribution in [0, 0.1) is 0 Å². The maximum Gasteiger partial charge on any atom is 0.339 e. The summed E-state index contributed by atoms with van der Waals surface area (Å²) < 4.78 is 10.9. The summed E-state index contributed by atoms with van der Waals surface area (Å²) in [5, 5.41) is 6.11. The van der Waals surface area contributed by atoms with Crippen molar-refractivity contribution >= 4 is 22.8 Å². The molecule has 2 amide bonds. The van der Waals surface area contributed by atoms with E-state index in [1.165, 1.54) is 0 Å². The minimum atomic E-state index is -0.636. The summed E-state index contributed by atoms with van der Waals surface area (Å²) in [6.45, 7) is 3.68. The Kier molecular flexibility index (Phi) is 5.25. The lowest BCUT2D eigenvalue weighted by Crippen LogP contribution is -2.46. The fourth-order valence-electron chi connectivity index (χ4n) is 3.18. The first-order valence-electron chi connectivity index (χ1n) is 8.78. The van der Waals surface area contributed by atoms with E-state index in [2.05, 4.69) is 10.6 Å². The molecule has 26 heavy (non-hydrogen) atoms. The van der Waals surface area contributed by atoms with E-state index < -0.39 is 11.9 Å². The Morgan fingerprint density at radius 3 is 2.81 bits per heavy atom. The Bertz CT molecular complexity index is 903. The van der Waals surface area contributed by atoms with Gasteiger partial charge in [0.1, 0.15) is 17.4 Å². The molecule has 2 N–H and O–H groups in total. The van der Waals surface area contributed by atoms with Crippen LogP contribution in [0.5, 0.6) is 5.75 Å². The smallest absolute Gasteiger partial charge is 0.339 e. The van der Waals surface area contributed by atoms with Crippen molar-refractivity contribution in [3.8, 4) is 5.75 Å². The van der Waals surface area contributed by atoms with Crippen LogP contribution >= 0.6 is 0 Å². The average molecular weight is 358 g/mol. The van der Waals surface area contributed by atoms with Crippen LogP contribution in [0.1, 0.15) is 31.4 Å². The van der Waals surface area contributed by atoms with Crippen molar-refractivity contribution in [3.05, 3.63) is 39.7 Å². The molecular weight excluding hydrogens is 336 g/mol. The molecule has 3 rings (SSSR count). The third kappa shape index (κ3) is 3.71. The zero-order valence-electron chi connectivity index (χ0n) is 14.9. The number of aryl methyl sites for hydroxylation is 1. The van der Waals surface area contributed by atoms with Crippen LogP contribution in [0.4, 0.5) is 0 Å². The first-order chi connectivity index (χ1) is 12.5. The number of benzene rings is 1. The highest BCUT2D eigenvalue weighted by atomic mass is 16.5. The van der Waals surface area contributed by atoms with E-state index in [9.17, 15) is 14.4 Å². The van der Waals surface area contributed by atoms with Gasteiger partial charge in [-0.1, -0.05) is 0 Å². The highest BCUT2D eigenvalue weighted by Crippen LogP contribution is 2.29. The third-order valence-electron chi connectivity index (χ3n) is 4.44. The third-order valence-corrected chi connectivity index (χ3v) is 4.44. The van der Waals surface area contributed by atoms with Gasteiger partial charge in [-0.15, -0.1) is 0 Å². The Morgan fingerprint density at radius 1 is 1.27 bits per heavy atom. The minimum Gasteiger partial charge on any atom is -0.484 e. The summed E-state index contributed by atoms with van der Waals surface area (Å²) in [6, 6.07) is 4.59. The van der Waals surface area contributed by atoms with E-state index in [0.717, 1.165) is 35.8 Å². The van der Waals surface area contributed by atoms with Gasteiger partial charge in [0.2, 0.25) is 5.91 Å². The molecule has 0 spiro atoms.